The molecule has 3 N–H and O–H groups in total. The van der Waals surface area contributed by atoms with Gasteiger partial charge in [-0.2, -0.15) is 0 Å². The lowest BCUT2D eigenvalue weighted by Gasteiger charge is -2.10. The van der Waals surface area contributed by atoms with Crippen LogP contribution in [0.1, 0.15) is 18.4 Å². The van der Waals surface area contributed by atoms with E-state index in [0.717, 1.165) is 5.56 Å². The van der Waals surface area contributed by atoms with Gasteiger partial charge in [0.2, 0.25) is 10.0 Å². The lowest BCUT2D eigenvalue weighted by Crippen LogP contribution is -2.17. The van der Waals surface area contributed by atoms with Crippen molar-refractivity contribution < 1.29 is 13.2 Å². The molecule has 1 aliphatic carbocycles. The van der Waals surface area contributed by atoms with E-state index in [1.807, 2.05) is 0 Å². The fourth-order valence-corrected chi connectivity index (χ4v) is 2.18. The lowest BCUT2D eigenvalue weighted by molar-refractivity contribution is 0.407. The molecule has 0 heterocycles. The Balaban J connectivity index is 2.24. The number of sulfonamides is 1. The third-order valence-corrected chi connectivity index (χ3v) is 3.65. The van der Waals surface area contributed by atoms with Crippen molar-refractivity contribution in [3.8, 4) is 5.75 Å². The number of primary sulfonamides is 1. The molecule has 1 aromatic rings. The molecule has 0 saturated heterocycles. The summed E-state index contributed by atoms with van der Waals surface area (Å²) in [4.78, 5) is 0.117. The highest BCUT2D eigenvalue weighted by atomic mass is 32.2. The second-order valence-electron chi connectivity index (χ2n) is 4.17. The monoisotopic (exact) mass is 256 g/mol. The minimum Gasteiger partial charge on any atom is -0.496 e. The van der Waals surface area contributed by atoms with Gasteiger partial charge in [-0.1, -0.05) is 0 Å². The number of rotatable bonds is 5. The van der Waals surface area contributed by atoms with Crippen molar-refractivity contribution >= 4 is 10.0 Å². The molecule has 0 unspecified atom stereocenters. The van der Waals surface area contributed by atoms with Gasteiger partial charge in [-0.3, -0.25) is 0 Å². The molecule has 5 nitrogen and oxygen atoms in total. The minimum absolute atomic E-state index is 0.117. The number of benzene rings is 1. The fraction of sp³-hybridized carbons (Fsp3) is 0.455. The molecule has 1 saturated carbocycles. The summed E-state index contributed by atoms with van der Waals surface area (Å²) in [5, 5.41) is 8.41. The SMILES string of the molecule is COc1ccc(S(N)(=O)=O)cc1CNC1CC1. The van der Waals surface area contributed by atoms with Crippen LogP contribution in [0.25, 0.3) is 0 Å². The topological polar surface area (TPSA) is 81.4 Å². The summed E-state index contributed by atoms with van der Waals surface area (Å²) < 4.78 is 27.7. The first-order valence-electron chi connectivity index (χ1n) is 5.44. The molecule has 0 spiro atoms. The summed E-state index contributed by atoms with van der Waals surface area (Å²) >= 11 is 0. The van der Waals surface area contributed by atoms with Gasteiger partial charge in [0.05, 0.1) is 12.0 Å². The molecule has 94 valence electrons. The Bertz CT molecular complexity index is 509. The highest BCUT2D eigenvalue weighted by Gasteiger charge is 2.21. The molecule has 0 amide bonds. The quantitative estimate of drug-likeness (QED) is 0.808. The van der Waals surface area contributed by atoms with Gasteiger partial charge in [0, 0.05) is 18.2 Å². The van der Waals surface area contributed by atoms with Crippen LogP contribution in [0.15, 0.2) is 23.1 Å². The van der Waals surface area contributed by atoms with E-state index in [9.17, 15) is 8.42 Å². The number of ether oxygens (including phenoxy) is 1. The van der Waals surface area contributed by atoms with Gasteiger partial charge >= 0.3 is 0 Å². The summed E-state index contributed by atoms with van der Waals surface area (Å²) in [6.45, 7) is 0.594. The van der Waals surface area contributed by atoms with Crippen LogP contribution in [-0.2, 0) is 16.6 Å². The van der Waals surface area contributed by atoms with Crippen molar-refractivity contribution in [1.82, 2.24) is 5.32 Å². The molecule has 0 atom stereocenters. The van der Waals surface area contributed by atoms with E-state index in [0.29, 0.717) is 18.3 Å². The molecule has 0 aromatic heterocycles. The van der Waals surface area contributed by atoms with E-state index < -0.39 is 10.0 Å². The summed E-state index contributed by atoms with van der Waals surface area (Å²) in [7, 11) is -2.09. The number of nitrogens with one attached hydrogen (secondary N) is 1. The van der Waals surface area contributed by atoms with Crippen molar-refractivity contribution in [2.24, 2.45) is 5.14 Å². The third-order valence-electron chi connectivity index (χ3n) is 2.74. The normalized spacial score (nSPS) is 15.9. The predicted octanol–water partition coefficient (Wildman–Crippen LogP) is 0.595. The van der Waals surface area contributed by atoms with Crippen molar-refractivity contribution in [3.63, 3.8) is 0 Å². The first kappa shape index (κ1) is 12.3. The van der Waals surface area contributed by atoms with Gasteiger partial charge in [-0.05, 0) is 31.0 Å². The summed E-state index contributed by atoms with van der Waals surface area (Å²) in [5.74, 6) is 0.672. The Kier molecular flexibility index (Phi) is 3.37. The van der Waals surface area contributed by atoms with Crippen LogP contribution in [0.5, 0.6) is 5.75 Å². The summed E-state index contributed by atoms with van der Waals surface area (Å²) in [6, 6.07) is 5.19. The number of methoxy groups -OCH3 is 1. The average Bonchev–Trinajstić information content (AvgIpc) is 3.08. The highest BCUT2D eigenvalue weighted by Crippen LogP contribution is 2.24. The Labute approximate surface area is 101 Å². The molecule has 6 heteroatoms. The Morgan fingerprint density at radius 3 is 2.71 bits per heavy atom. The molecular formula is C11H16N2O3S. The number of nitrogens with two attached hydrogens (primary N) is 1. The molecule has 1 aromatic carbocycles. The van der Waals surface area contributed by atoms with E-state index >= 15 is 0 Å². The van der Waals surface area contributed by atoms with Gasteiger partial charge in [-0.15, -0.1) is 0 Å². The van der Waals surface area contributed by atoms with Crippen LogP contribution in [-0.4, -0.2) is 21.6 Å². The maximum atomic E-state index is 11.3. The molecule has 0 aliphatic heterocycles. The molecule has 1 fully saturated rings. The molecule has 0 radical (unpaired) electrons. The maximum Gasteiger partial charge on any atom is 0.238 e. The van der Waals surface area contributed by atoms with Crippen molar-refractivity contribution in [1.29, 1.82) is 0 Å². The third kappa shape index (κ3) is 3.18. The van der Waals surface area contributed by atoms with E-state index in [4.69, 9.17) is 9.88 Å². The molecule has 17 heavy (non-hydrogen) atoms. The predicted molar refractivity (Wildman–Crippen MR) is 64.2 cm³/mol. The minimum atomic E-state index is -3.66. The molecule has 2 rings (SSSR count). The lowest BCUT2D eigenvalue weighted by atomic mass is 10.2. The largest absolute Gasteiger partial charge is 0.496 e. The average molecular weight is 256 g/mol. The Morgan fingerprint density at radius 2 is 2.18 bits per heavy atom. The fourth-order valence-electron chi connectivity index (χ4n) is 1.61. The summed E-state index contributed by atoms with van der Waals surface area (Å²) in [5.41, 5.74) is 0.811. The van der Waals surface area contributed by atoms with Crippen LogP contribution in [0.3, 0.4) is 0 Å². The van der Waals surface area contributed by atoms with E-state index in [1.165, 1.54) is 18.9 Å². The molecular weight excluding hydrogens is 240 g/mol. The van der Waals surface area contributed by atoms with E-state index in [-0.39, 0.29) is 4.90 Å². The van der Waals surface area contributed by atoms with Gasteiger partial charge in [0.15, 0.2) is 0 Å². The van der Waals surface area contributed by atoms with E-state index in [1.54, 1.807) is 19.2 Å². The van der Waals surface area contributed by atoms with Crippen molar-refractivity contribution in [2.45, 2.75) is 30.3 Å². The first-order chi connectivity index (χ1) is 8.00. The van der Waals surface area contributed by atoms with Crippen LogP contribution in [0, 0.1) is 0 Å². The smallest absolute Gasteiger partial charge is 0.238 e. The van der Waals surface area contributed by atoms with E-state index in [2.05, 4.69) is 5.32 Å². The summed E-state index contributed by atoms with van der Waals surface area (Å²) in [6.07, 6.45) is 2.36. The van der Waals surface area contributed by atoms with Gasteiger partial charge in [0.1, 0.15) is 5.75 Å². The zero-order valence-corrected chi connectivity index (χ0v) is 10.5. The molecule has 0 bridgehead atoms. The van der Waals surface area contributed by atoms with Crippen LogP contribution >= 0.6 is 0 Å². The first-order valence-corrected chi connectivity index (χ1v) is 6.98. The number of hydrogen-bond acceptors (Lipinski definition) is 4. The van der Waals surface area contributed by atoms with Crippen LogP contribution in [0.2, 0.25) is 0 Å². The highest BCUT2D eigenvalue weighted by molar-refractivity contribution is 7.89. The van der Waals surface area contributed by atoms with Crippen molar-refractivity contribution in [3.05, 3.63) is 23.8 Å². The second-order valence-corrected chi connectivity index (χ2v) is 5.74. The number of hydrogen-bond donors (Lipinski definition) is 2. The molecule has 1 aliphatic rings. The Hall–Kier alpha value is -1.11. The standard InChI is InChI=1S/C11H16N2O3S/c1-16-11-5-4-10(17(12,14)15)6-8(11)7-13-9-2-3-9/h4-6,9,13H,2-3,7H2,1H3,(H2,12,14,15). The van der Waals surface area contributed by atoms with Crippen LogP contribution in [0.4, 0.5) is 0 Å². The van der Waals surface area contributed by atoms with Gasteiger partial charge in [0.25, 0.3) is 0 Å². The maximum absolute atomic E-state index is 11.3. The second kappa shape index (κ2) is 4.64. The Morgan fingerprint density at radius 1 is 1.47 bits per heavy atom. The van der Waals surface area contributed by atoms with Crippen molar-refractivity contribution in [2.75, 3.05) is 7.11 Å². The zero-order valence-electron chi connectivity index (χ0n) is 9.64. The van der Waals surface area contributed by atoms with Gasteiger partial charge < -0.3 is 10.1 Å². The van der Waals surface area contributed by atoms with Gasteiger partial charge in [-0.25, -0.2) is 13.6 Å². The van der Waals surface area contributed by atoms with Crippen LogP contribution < -0.4 is 15.2 Å². The zero-order chi connectivity index (χ0) is 12.5.